The maximum atomic E-state index is 13.2. The lowest BCUT2D eigenvalue weighted by Crippen LogP contribution is -2.42. The molecule has 1 aromatic heterocycles. The van der Waals surface area contributed by atoms with E-state index in [1.165, 1.54) is 12.1 Å². The standard InChI is InChI=1S/C24H18ClFN4O2/c25-19-9-14(26)5-7-20(19)31-11-15-6-8-21(32-15)22-17-4-2-1-3-16(17)18(10-27)23(30)24(22,12-28)13-29/h3,5-9,17,22H,1-2,4,11,30H2. The Morgan fingerprint density at radius 2 is 2.00 bits per heavy atom. The molecule has 2 aliphatic carbocycles. The van der Waals surface area contributed by atoms with Crippen LogP contribution in [0.15, 0.2) is 57.7 Å². The summed E-state index contributed by atoms with van der Waals surface area (Å²) in [4.78, 5) is 0. The first-order chi connectivity index (χ1) is 15.4. The molecule has 2 aliphatic rings. The monoisotopic (exact) mass is 448 g/mol. The van der Waals surface area contributed by atoms with E-state index in [9.17, 15) is 20.2 Å². The summed E-state index contributed by atoms with van der Waals surface area (Å²) in [6.45, 7) is 0.0201. The van der Waals surface area contributed by atoms with Crippen LogP contribution in [0.5, 0.6) is 5.75 Å². The van der Waals surface area contributed by atoms with E-state index in [0.717, 1.165) is 24.5 Å². The highest BCUT2D eigenvalue weighted by Gasteiger charge is 2.55. The van der Waals surface area contributed by atoms with Gasteiger partial charge in [-0.25, -0.2) is 4.39 Å². The molecule has 0 fully saturated rings. The molecule has 2 aromatic rings. The van der Waals surface area contributed by atoms with E-state index in [2.05, 4.69) is 18.2 Å². The summed E-state index contributed by atoms with van der Waals surface area (Å²) in [6.07, 6.45) is 4.35. The Balaban J connectivity index is 1.70. The summed E-state index contributed by atoms with van der Waals surface area (Å²) in [5.41, 5.74) is 5.49. The average Bonchev–Trinajstić information content (AvgIpc) is 3.26. The van der Waals surface area contributed by atoms with Crippen LogP contribution in [0.4, 0.5) is 4.39 Å². The number of ether oxygens (including phenoxy) is 1. The highest BCUT2D eigenvalue weighted by atomic mass is 35.5. The lowest BCUT2D eigenvalue weighted by molar-refractivity contribution is 0.238. The van der Waals surface area contributed by atoms with Gasteiger partial charge in [-0.2, -0.15) is 15.8 Å². The van der Waals surface area contributed by atoms with Gasteiger partial charge >= 0.3 is 0 Å². The highest BCUT2D eigenvalue weighted by molar-refractivity contribution is 6.32. The molecular formula is C24H18ClFN4O2. The zero-order valence-electron chi connectivity index (χ0n) is 16.9. The minimum absolute atomic E-state index is 0.0201. The largest absolute Gasteiger partial charge is 0.484 e. The van der Waals surface area contributed by atoms with Gasteiger partial charge in [-0.05, 0) is 61.1 Å². The summed E-state index contributed by atoms with van der Waals surface area (Å²) in [5, 5.41) is 29.9. The van der Waals surface area contributed by atoms with E-state index in [-0.39, 0.29) is 28.8 Å². The van der Waals surface area contributed by atoms with E-state index >= 15 is 0 Å². The van der Waals surface area contributed by atoms with Gasteiger partial charge in [0.05, 0.1) is 34.3 Å². The van der Waals surface area contributed by atoms with E-state index in [4.69, 9.17) is 26.5 Å². The molecule has 4 rings (SSSR count). The summed E-state index contributed by atoms with van der Waals surface area (Å²) in [6, 6.07) is 13.5. The number of rotatable bonds is 4. The average molecular weight is 449 g/mol. The van der Waals surface area contributed by atoms with Crippen LogP contribution < -0.4 is 10.5 Å². The lowest BCUT2D eigenvalue weighted by atomic mass is 9.58. The molecule has 0 radical (unpaired) electrons. The van der Waals surface area contributed by atoms with Crippen molar-refractivity contribution in [3.63, 3.8) is 0 Å². The molecule has 1 aromatic carbocycles. The molecule has 0 saturated carbocycles. The van der Waals surface area contributed by atoms with Crippen molar-refractivity contribution in [2.24, 2.45) is 17.1 Å². The van der Waals surface area contributed by atoms with Gasteiger partial charge in [0, 0.05) is 0 Å². The SMILES string of the molecule is N#CC1=C(N)C(C#N)(C#N)C(c2ccc(COc3ccc(F)cc3Cl)o2)C2CCCC=C12. The van der Waals surface area contributed by atoms with Crippen molar-refractivity contribution in [2.45, 2.75) is 31.8 Å². The Kier molecular flexibility index (Phi) is 5.66. The summed E-state index contributed by atoms with van der Waals surface area (Å²) in [5.74, 6) is -0.200. The van der Waals surface area contributed by atoms with Crippen LogP contribution in [0.2, 0.25) is 5.02 Å². The first kappa shape index (κ1) is 21.5. The van der Waals surface area contributed by atoms with Crippen LogP contribution >= 0.6 is 11.6 Å². The number of benzene rings is 1. The predicted octanol–water partition coefficient (Wildman–Crippen LogP) is 5.24. The van der Waals surface area contributed by atoms with E-state index in [1.807, 2.05) is 6.08 Å². The molecule has 2 unspecified atom stereocenters. The Hall–Kier alpha value is -3.73. The van der Waals surface area contributed by atoms with Crippen molar-refractivity contribution in [3.05, 3.63) is 75.6 Å². The van der Waals surface area contributed by atoms with E-state index < -0.39 is 17.2 Å². The number of halogens is 2. The fourth-order valence-corrected chi connectivity index (χ4v) is 4.78. The summed E-state index contributed by atoms with van der Waals surface area (Å²) >= 11 is 6.00. The zero-order chi connectivity index (χ0) is 22.9. The summed E-state index contributed by atoms with van der Waals surface area (Å²) < 4.78 is 24.9. The number of nitrogens with two attached hydrogens (primary N) is 1. The number of nitrogens with zero attached hydrogens (tertiary/aromatic N) is 3. The number of hydrogen-bond donors (Lipinski definition) is 1. The maximum absolute atomic E-state index is 13.2. The minimum atomic E-state index is -1.72. The molecule has 0 amide bonds. The normalized spacial score (nSPS) is 21.5. The fraction of sp³-hybridized carbons (Fsp3) is 0.292. The molecule has 0 bridgehead atoms. The first-order valence-corrected chi connectivity index (χ1v) is 10.4. The second-order valence-electron chi connectivity index (χ2n) is 7.77. The zero-order valence-corrected chi connectivity index (χ0v) is 17.7. The molecule has 0 saturated heterocycles. The van der Waals surface area contributed by atoms with Gasteiger partial charge < -0.3 is 14.9 Å². The van der Waals surface area contributed by atoms with Crippen LogP contribution in [0.25, 0.3) is 0 Å². The third kappa shape index (κ3) is 3.40. The Morgan fingerprint density at radius 1 is 1.22 bits per heavy atom. The Labute approximate surface area is 189 Å². The number of allylic oxidation sites excluding steroid dienone is 4. The van der Waals surface area contributed by atoms with Crippen LogP contribution in [-0.2, 0) is 6.61 Å². The third-order valence-corrected chi connectivity index (χ3v) is 6.35. The van der Waals surface area contributed by atoms with Crippen molar-refractivity contribution < 1.29 is 13.5 Å². The second-order valence-corrected chi connectivity index (χ2v) is 8.18. The van der Waals surface area contributed by atoms with Gasteiger partial charge in [-0.1, -0.05) is 17.7 Å². The van der Waals surface area contributed by atoms with Gasteiger partial charge in [0.2, 0.25) is 0 Å². The van der Waals surface area contributed by atoms with Crippen LogP contribution in [0.3, 0.4) is 0 Å². The molecule has 2 N–H and O–H groups in total. The molecule has 0 spiro atoms. The molecule has 8 heteroatoms. The smallest absolute Gasteiger partial charge is 0.194 e. The highest BCUT2D eigenvalue weighted by Crippen LogP contribution is 2.56. The number of furan rings is 1. The molecule has 1 heterocycles. The Morgan fingerprint density at radius 3 is 2.69 bits per heavy atom. The number of nitriles is 3. The quantitative estimate of drug-likeness (QED) is 0.682. The lowest BCUT2D eigenvalue weighted by Gasteiger charge is -2.42. The van der Waals surface area contributed by atoms with Crippen molar-refractivity contribution in [1.82, 2.24) is 0 Å². The van der Waals surface area contributed by atoms with Crippen LogP contribution in [-0.4, -0.2) is 0 Å². The predicted molar refractivity (Wildman–Crippen MR) is 113 cm³/mol. The topological polar surface area (TPSA) is 120 Å². The fourth-order valence-electron chi connectivity index (χ4n) is 4.56. The number of fused-ring (bicyclic) bond motifs is 1. The van der Waals surface area contributed by atoms with Crippen LogP contribution in [0, 0.1) is 51.1 Å². The van der Waals surface area contributed by atoms with Gasteiger partial charge in [-0.15, -0.1) is 0 Å². The number of hydrogen-bond acceptors (Lipinski definition) is 6. The molecular weight excluding hydrogens is 431 g/mol. The molecule has 0 aliphatic heterocycles. The first-order valence-electron chi connectivity index (χ1n) is 10.0. The van der Waals surface area contributed by atoms with E-state index in [0.29, 0.717) is 23.7 Å². The van der Waals surface area contributed by atoms with Crippen molar-refractivity contribution >= 4 is 11.6 Å². The Bertz CT molecular complexity index is 1240. The summed E-state index contributed by atoms with van der Waals surface area (Å²) in [7, 11) is 0. The molecule has 2 atom stereocenters. The van der Waals surface area contributed by atoms with Crippen molar-refractivity contribution in [3.8, 4) is 24.0 Å². The molecule has 6 nitrogen and oxygen atoms in total. The van der Waals surface area contributed by atoms with Crippen molar-refractivity contribution in [1.29, 1.82) is 15.8 Å². The van der Waals surface area contributed by atoms with Gasteiger partial charge in [-0.3, -0.25) is 0 Å². The maximum Gasteiger partial charge on any atom is 0.194 e. The molecule has 32 heavy (non-hydrogen) atoms. The third-order valence-electron chi connectivity index (χ3n) is 6.05. The van der Waals surface area contributed by atoms with E-state index in [1.54, 1.807) is 12.1 Å². The van der Waals surface area contributed by atoms with Gasteiger partial charge in [0.1, 0.15) is 35.8 Å². The second kappa shape index (κ2) is 8.42. The minimum Gasteiger partial charge on any atom is -0.484 e. The van der Waals surface area contributed by atoms with Crippen LogP contribution in [0.1, 0.15) is 36.7 Å². The van der Waals surface area contributed by atoms with Crippen molar-refractivity contribution in [2.75, 3.05) is 0 Å². The van der Waals surface area contributed by atoms with Gasteiger partial charge in [0.25, 0.3) is 0 Å². The van der Waals surface area contributed by atoms with Gasteiger partial charge in [0.15, 0.2) is 5.41 Å². The molecule has 160 valence electrons.